The second-order valence-electron chi connectivity index (χ2n) is 6.94. The maximum atomic E-state index is 13.1. The monoisotopic (exact) mass is 381 g/mol. The molecule has 1 aromatic carbocycles. The largest absolute Gasteiger partial charge is 0.472 e. The number of hydrogen-bond acceptors (Lipinski definition) is 6. The van der Waals surface area contributed by atoms with E-state index in [1.807, 2.05) is 35.2 Å². The Morgan fingerprint density at radius 3 is 2.82 bits per heavy atom. The van der Waals surface area contributed by atoms with Crippen LogP contribution in [0, 0.1) is 0 Å². The third-order valence-electron chi connectivity index (χ3n) is 5.13. The average molecular weight is 381 g/mol. The zero-order valence-electron chi connectivity index (χ0n) is 15.5. The lowest BCUT2D eigenvalue weighted by molar-refractivity contribution is 0.0394. The van der Waals surface area contributed by atoms with E-state index < -0.39 is 0 Å². The van der Waals surface area contributed by atoms with E-state index in [-0.39, 0.29) is 18.6 Å². The Morgan fingerprint density at radius 2 is 2.07 bits per heavy atom. The van der Waals surface area contributed by atoms with Gasteiger partial charge in [0.25, 0.3) is 5.91 Å². The Labute approximate surface area is 163 Å². The van der Waals surface area contributed by atoms with Gasteiger partial charge in [0.1, 0.15) is 12.7 Å². The van der Waals surface area contributed by atoms with Gasteiger partial charge in [-0.3, -0.25) is 14.3 Å². The third kappa shape index (κ3) is 3.97. The molecule has 1 amide bonds. The van der Waals surface area contributed by atoms with Crippen LogP contribution in [-0.4, -0.2) is 67.9 Å². The Hall–Kier alpha value is -2.97. The van der Waals surface area contributed by atoms with E-state index in [0.29, 0.717) is 25.1 Å². The lowest BCUT2D eigenvalue weighted by atomic mass is 10.1. The summed E-state index contributed by atoms with van der Waals surface area (Å²) in [5.41, 5.74) is 2.59. The van der Waals surface area contributed by atoms with Crippen molar-refractivity contribution in [3.8, 4) is 5.69 Å². The number of carbonyl (C=O) groups excluding carboxylic acids is 1. The Bertz CT molecular complexity index is 894. The Kier molecular flexibility index (Phi) is 5.50. The maximum absolute atomic E-state index is 13.1. The first-order chi connectivity index (χ1) is 13.7. The van der Waals surface area contributed by atoms with Crippen LogP contribution in [0.2, 0.25) is 0 Å². The fraction of sp³-hybridized carbons (Fsp3) is 0.350. The highest BCUT2D eigenvalue weighted by atomic mass is 16.3. The van der Waals surface area contributed by atoms with Gasteiger partial charge in [-0.25, -0.2) is 0 Å². The molecule has 8 heteroatoms. The molecule has 2 aromatic heterocycles. The second-order valence-corrected chi connectivity index (χ2v) is 6.94. The zero-order chi connectivity index (χ0) is 19.3. The van der Waals surface area contributed by atoms with Crippen LogP contribution in [-0.2, 0) is 6.54 Å². The number of aliphatic hydroxyl groups is 1. The molecule has 1 N–H and O–H groups in total. The highest BCUT2D eigenvalue weighted by Gasteiger charge is 2.30. The molecule has 1 aliphatic heterocycles. The minimum absolute atomic E-state index is 0.000764. The smallest absolute Gasteiger partial charge is 0.254 e. The van der Waals surface area contributed by atoms with Crippen molar-refractivity contribution in [1.82, 2.24) is 24.6 Å². The number of nitrogens with zero attached hydrogens (tertiary/aromatic N) is 5. The zero-order valence-corrected chi connectivity index (χ0v) is 15.5. The number of aliphatic hydroxyl groups excluding tert-OH is 1. The number of piperazine rings is 1. The standard InChI is InChI=1S/C20H23N5O3/c26-8-4-19-12-24(7-6-23(19)11-16-5-9-28-13-16)20(27)17-2-1-3-18(10-17)25-14-21-22-15-25/h1-3,5,9-10,13-15,19,26H,4,6-8,11-12H2/t19-/m0/s1. The van der Waals surface area contributed by atoms with Gasteiger partial charge in [-0.15, -0.1) is 10.2 Å². The summed E-state index contributed by atoms with van der Waals surface area (Å²) in [6.07, 6.45) is 7.25. The SMILES string of the molecule is O=C(c1cccc(-n2cnnc2)c1)N1CCN(Cc2ccoc2)[C@@H](CCO)C1. The summed E-state index contributed by atoms with van der Waals surface area (Å²) >= 11 is 0. The first-order valence-electron chi connectivity index (χ1n) is 9.35. The number of hydrogen-bond donors (Lipinski definition) is 1. The second kappa shape index (κ2) is 8.37. The molecule has 0 saturated carbocycles. The molecule has 0 radical (unpaired) electrons. The van der Waals surface area contributed by atoms with Gasteiger partial charge >= 0.3 is 0 Å². The van der Waals surface area contributed by atoms with E-state index in [1.165, 1.54) is 0 Å². The van der Waals surface area contributed by atoms with Crippen molar-refractivity contribution >= 4 is 5.91 Å². The molecule has 0 spiro atoms. The van der Waals surface area contributed by atoms with Gasteiger partial charge in [0.15, 0.2) is 0 Å². The molecule has 3 heterocycles. The minimum atomic E-state index is 0.000764. The predicted octanol–water partition coefficient (Wildman–Crippen LogP) is 1.57. The number of benzene rings is 1. The van der Waals surface area contributed by atoms with Crippen LogP contribution in [0.4, 0.5) is 0 Å². The summed E-state index contributed by atoms with van der Waals surface area (Å²) in [6, 6.07) is 9.52. The van der Waals surface area contributed by atoms with E-state index in [1.54, 1.807) is 29.7 Å². The van der Waals surface area contributed by atoms with Crippen molar-refractivity contribution in [3.05, 3.63) is 66.6 Å². The summed E-state index contributed by atoms with van der Waals surface area (Å²) in [5, 5.41) is 17.1. The first-order valence-corrected chi connectivity index (χ1v) is 9.35. The van der Waals surface area contributed by atoms with Crippen LogP contribution >= 0.6 is 0 Å². The lowest BCUT2D eigenvalue weighted by Crippen LogP contribution is -2.54. The van der Waals surface area contributed by atoms with Crippen molar-refractivity contribution in [2.75, 3.05) is 26.2 Å². The molecule has 0 unspecified atom stereocenters. The minimum Gasteiger partial charge on any atom is -0.472 e. The van der Waals surface area contributed by atoms with Crippen LogP contribution in [0.5, 0.6) is 0 Å². The van der Waals surface area contributed by atoms with Crippen LogP contribution in [0.3, 0.4) is 0 Å². The summed E-state index contributed by atoms with van der Waals surface area (Å²) in [7, 11) is 0. The molecule has 0 aliphatic carbocycles. The van der Waals surface area contributed by atoms with Crippen LogP contribution in [0.25, 0.3) is 5.69 Å². The summed E-state index contributed by atoms with van der Waals surface area (Å²) in [5.74, 6) is 0.000764. The Balaban J connectivity index is 1.47. The molecule has 28 heavy (non-hydrogen) atoms. The number of amides is 1. The van der Waals surface area contributed by atoms with Gasteiger partial charge in [-0.05, 0) is 30.7 Å². The summed E-state index contributed by atoms with van der Waals surface area (Å²) in [4.78, 5) is 17.3. The highest BCUT2D eigenvalue weighted by molar-refractivity contribution is 5.94. The van der Waals surface area contributed by atoms with E-state index in [0.717, 1.165) is 24.3 Å². The topological polar surface area (TPSA) is 87.6 Å². The predicted molar refractivity (Wildman–Crippen MR) is 102 cm³/mol. The molecule has 8 nitrogen and oxygen atoms in total. The third-order valence-corrected chi connectivity index (χ3v) is 5.13. The van der Waals surface area contributed by atoms with E-state index in [9.17, 15) is 9.90 Å². The fourth-order valence-corrected chi connectivity index (χ4v) is 3.64. The average Bonchev–Trinajstić information content (AvgIpc) is 3.43. The van der Waals surface area contributed by atoms with E-state index in [2.05, 4.69) is 15.1 Å². The van der Waals surface area contributed by atoms with Gasteiger partial charge < -0.3 is 14.4 Å². The summed E-state index contributed by atoms with van der Waals surface area (Å²) < 4.78 is 6.93. The van der Waals surface area contributed by atoms with Crippen molar-refractivity contribution in [2.45, 2.75) is 19.0 Å². The number of carbonyl (C=O) groups is 1. The number of rotatable bonds is 6. The van der Waals surface area contributed by atoms with Crippen LogP contribution < -0.4 is 0 Å². The molecule has 0 bridgehead atoms. The van der Waals surface area contributed by atoms with Gasteiger partial charge in [-0.1, -0.05) is 6.07 Å². The maximum Gasteiger partial charge on any atom is 0.254 e. The summed E-state index contributed by atoms with van der Waals surface area (Å²) in [6.45, 7) is 2.85. The van der Waals surface area contributed by atoms with Crippen LogP contribution in [0.15, 0.2) is 59.9 Å². The molecule has 3 aromatic rings. The quantitative estimate of drug-likeness (QED) is 0.697. The Morgan fingerprint density at radius 1 is 1.21 bits per heavy atom. The van der Waals surface area contributed by atoms with Crippen molar-refractivity contribution in [3.63, 3.8) is 0 Å². The molecular weight excluding hydrogens is 358 g/mol. The number of furan rings is 1. The fourth-order valence-electron chi connectivity index (χ4n) is 3.64. The van der Waals surface area contributed by atoms with Gasteiger partial charge in [-0.2, -0.15) is 0 Å². The molecule has 146 valence electrons. The van der Waals surface area contributed by atoms with Gasteiger partial charge in [0.2, 0.25) is 0 Å². The van der Waals surface area contributed by atoms with Gasteiger partial charge in [0.05, 0.1) is 12.5 Å². The molecule has 1 atom stereocenters. The van der Waals surface area contributed by atoms with Crippen molar-refractivity contribution in [1.29, 1.82) is 0 Å². The van der Waals surface area contributed by atoms with E-state index >= 15 is 0 Å². The first kappa shape index (κ1) is 18.4. The highest BCUT2D eigenvalue weighted by Crippen LogP contribution is 2.19. The van der Waals surface area contributed by atoms with Crippen molar-refractivity contribution in [2.24, 2.45) is 0 Å². The van der Waals surface area contributed by atoms with E-state index in [4.69, 9.17) is 4.42 Å². The van der Waals surface area contributed by atoms with Crippen LogP contribution in [0.1, 0.15) is 22.3 Å². The molecule has 1 saturated heterocycles. The molecular formula is C20H23N5O3. The molecule has 1 fully saturated rings. The van der Waals surface area contributed by atoms with Gasteiger partial charge in [0, 0.05) is 55.6 Å². The molecule has 4 rings (SSSR count). The number of aromatic nitrogens is 3. The normalized spacial score (nSPS) is 17.8. The van der Waals surface area contributed by atoms with Crippen molar-refractivity contribution < 1.29 is 14.3 Å². The lowest BCUT2D eigenvalue weighted by Gasteiger charge is -2.41. The molecule has 1 aliphatic rings.